The number of hydrogen-bond acceptors (Lipinski definition) is 9. The van der Waals surface area contributed by atoms with Crippen LogP contribution in [0.15, 0.2) is 61.4 Å². The molecule has 13 nitrogen and oxygen atoms in total. The van der Waals surface area contributed by atoms with E-state index >= 15 is 0 Å². The number of fused-ring (bicyclic) bond motifs is 2. The Morgan fingerprint density at radius 1 is 1.21 bits per heavy atom. The molecule has 242 valence electrons. The van der Waals surface area contributed by atoms with Crippen LogP contribution in [0.2, 0.25) is 0 Å². The lowest BCUT2D eigenvalue weighted by molar-refractivity contribution is -0.173. The van der Waals surface area contributed by atoms with E-state index in [0.29, 0.717) is 29.5 Å². The molecule has 16 heteroatoms. The highest BCUT2D eigenvalue weighted by molar-refractivity contribution is 5.96. The number of carboxylic acid groups (broad SMARTS) is 1. The highest BCUT2D eigenvalue weighted by Crippen LogP contribution is 2.35. The van der Waals surface area contributed by atoms with Gasteiger partial charge < -0.3 is 20.5 Å². The van der Waals surface area contributed by atoms with E-state index in [0.717, 1.165) is 16.7 Å². The number of carbonyl (C=O) groups excluding carboxylic acids is 3. The molecule has 2 aromatic carbocycles. The first kappa shape index (κ1) is 33.8. The number of nitrogens with one attached hydrogen (secondary N) is 2. The van der Waals surface area contributed by atoms with Crippen LogP contribution >= 0.6 is 0 Å². The third-order valence-corrected chi connectivity index (χ3v) is 7.02. The lowest BCUT2D eigenvalue weighted by Gasteiger charge is -2.16. The maximum atomic E-state index is 13.0. The van der Waals surface area contributed by atoms with Gasteiger partial charge in [-0.3, -0.25) is 9.59 Å². The van der Waals surface area contributed by atoms with Crippen molar-refractivity contribution in [3.05, 3.63) is 106 Å². The fraction of sp³-hybridized carbons (Fsp3) is 0.226. The van der Waals surface area contributed by atoms with Gasteiger partial charge in [-0.1, -0.05) is 30.9 Å². The first-order valence-electron chi connectivity index (χ1n) is 13.8. The van der Waals surface area contributed by atoms with Gasteiger partial charge in [-0.05, 0) is 60.2 Å². The Bertz CT molecular complexity index is 1920. The summed E-state index contributed by atoms with van der Waals surface area (Å²) in [6, 6.07) is 12.2. The van der Waals surface area contributed by atoms with Gasteiger partial charge in [0.2, 0.25) is 0 Å². The van der Waals surface area contributed by atoms with Gasteiger partial charge in [0.05, 0.1) is 23.2 Å². The second kappa shape index (κ2) is 14.3. The Labute approximate surface area is 264 Å². The van der Waals surface area contributed by atoms with E-state index in [-0.39, 0.29) is 36.4 Å². The molecule has 0 aliphatic heterocycles. The Balaban J connectivity index is 0.000000264. The fourth-order valence-electron chi connectivity index (χ4n) is 4.81. The molecule has 0 saturated carbocycles. The van der Waals surface area contributed by atoms with Crippen molar-refractivity contribution in [2.45, 2.75) is 38.5 Å². The molecule has 2 amide bonds. The minimum Gasteiger partial charge on any atom is -0.477 e. The minimum atomic E-state index is -4.88. The van der Waals surface area contributed by atoms with E-state index in [1.54, 1.807) is 11.4 Å². The number of carboxylic acids is 1. The van der Waals surface area contributed by atoms with Crippen LogP contribution in [0.25, 0.3) is 5.78 Å². The van der Waals surface area contributed by atoms with E-state index in [2.05, 4.69) is 27.0 Å². The Morgan fingerprint density at radius 3 is 2.66 bits per heavy atom. The molecule has 2 heterocycles. The number of nitrogens with zero attached hydrogens (tertiary/aromatic N) is 5. The molecule has 3 N–H and O–H groups in total. The highest BCUT2D eigenvalue weighted by Gasteiger charge is 2.38. The number of ether oxygens (including phenoxy) is 1. The molecule has 0 saturated heterocycles. The molecule has 0 spiro atoms. The molecule has 47 heavy (non-hydrogen) atoms. The van der Waals surface area contributed by atoms with Crippen LogP contribution in [0.4, 0.5) is 13.2 Å². The van der Waals surface area contributed by atoms with Crippen molar-refractivity contribution in [2.75, 3.05) is 6.61 Å². The topological polar surface area (TPSA) is 189 Å². The summed E-state index contributed by atoms with van der Waals surface area (Å²) in [6.45, 7) is 5.27. The lowest BCUT2D eigenvalue weighted by Crippen LogP contribution is -2.36. The van der Waals surface area contributed by atoms with Gasteiger partial charge in [-0.15, -0.1) is 0 Å². The largest absolute Gasteiger partial charge is 0.477 e. The Hall–Kier alpha value is -6.11. The summed E-state index contributed by atoms with van der Waals surface area (Å²) >= 11 is 0. The molecule has 0 fully saturated rings. The van der Waals surface area contributed by atoms with Crippen LogP contribution in [0, 0.1) is 18.3 Å². The molecule has 1 aliphatic carbocycles. The zero-order valence-electron chi connectivity index (χ0n) is 24.7. The molecular formula is C31H26F3N7O6. The average molecular weight is 650 g/mol. The summed E-state index contributed by atoms with van der Waals surface area (Å²) in [5, 5.41) is 26.4. The van der Waals surface area contributed by atoms with Gasteiger partial charge in [-0.2, -0.15) is 33.0 Å². The predicted molar refractivity (Wildman–Crippen MR) is 157 cm³/mol. The quantitative estimate of drug-likeness (QED) is 0.188. The first-order valence-corrected chi connectivity index (χ1v) is 13.8. The molecular weight excluding hydrogens is 623 g/mol. The summed E-state index contributed by atoms with van der Waals surface area (Å²) in [5.41, 5.74) is 3.70. The van der Waals surface area contributed by atoms with Crippen molar-refractivity contribution in [1.82, 2.24) is 30.2 Å². The van der Waals surface area contributed by atoms with Crippen molar-refractivity contribution in [2.24, 2.45) is 0 Å². The number of carbonyl (C=O) groups is 4. The summed E-state index contributed by atoms with van der Waals surface area (Å²) in [6.07, 6.45) is -0.847. The lowest BCUT2D eigenvalue weighted by atomic mass is 9.98. The summed E-state index contributed by atoms with van der Waals surface area (Å²) in [5.74, 6) is -4.15. The van der Waals surface area contributed by atoms with Crippen molar-refractivity contribution in [1.29, 1.82) is 5.26 Å². The summed E-state index contributed by atoms with van der Waals surface area (Å²) in [4.78, 5) is 54.8. The zero-order valence-corrected chi connectivity index (χ0v) is 24.7. The third-order valence-electron chi connectivity index (χ3n) is 7.02. The number of esters is 1. The van der Waals surface area contributed by atoms with Gasteiger partial charge in [0.1, 0.15) is 18.6 Å². The second-order valence-corrected chi connectivity index (χ2v) is 10.1. The van der Waals surface area contributed by atoms with Crippen molar-refractivity contribution in [3.8, 4) is 6.07 Å². The Morgan fingerprint density at radius 2 is 1.98 bits per heavy atom. The standard InChI is InChI=1S/C21H19N5O5.C10H7F3N2O/c1-3-8-31-20(30)13-4-5-14-12(11(13)2)6-7-15(14)24-18(27)17-9-16(19(28)29)25-21-22-10-23-26(17)21;11-10(12,13)9(16)15-6-8-3-1-2-7(4-8)5-14/h3-5,9-10,15H,1,6-8H2,2H3,(H,24,27)(H,28,29);1-4H,6H2,(H,15,16)/t15-;/m0./s1. The molecule has 0 unspecified atom stereocenters. The molecule has 1 atom stereocenters. The van der Waals surface area contributed by atoms with E-state index in [4.69, 9.17) is 10.00 Å². The van der Waals surface area contributed by atoms with Gasteiger partial charge in [0.25, 0.3) is 11.7 Å². The molecule has 0 radical (unpaired) electrons. The zero-order chi connectivity index (χ0) is 34.3. The number of nitriles is 1. The van der Waals surface area contributed by atoms with Crippen LogP contribution in [0.1, 0.15) is 71.6 Å². The van der Waals surface area contributed by atoms with E-state index in [1.165, 1.54) is 47.3 Å². The fourth-order valence-corrected chi connectivity index (χ4v) is 4.81. The monoisotopic (exact) mass is 649 g/mol. The van der Waals surface area contributed by atoms with Crippen LogP contribution in [-0.2, 0) is 22.5 Å². The summed E-state index contributed by atoms with van der Waals surface area (Å²) < 4.78 is 41.8. The number of amides is 2. The van der Waals surface area contributed by atoms with Crippen LogP contribution in [0.3, 0.4) is 0 Å². The molecule has 4 aromatic rings. The van der Waals surface area contributed by atoms with Crippen LogP contribution in [-0.4, -0.2) is 61.2 Å². The number of alkyl halides is 3. The molecule has 0 bridgehead atoms. The number of halogens is 3. The maximum absolute atomic E-state index is 13.0. The molecule has 2 aromatic heterocycles. The van der Waals surface area contributed by atoms with E-state index in [9.17, 15) is 37.5 Å². The van der Waals surface area contributed by atoms with Gasteiger partial charge in [-0.25, -0.2) is 14.6 Å². The van der Waals surface area contributed by atoms with Crippen molar-refractivity contribution < 1.29 is 42.2 Å². The van der Waals surface area contributed by atoms with E-state index in [1.807, 2.05) is 19.1 Å². The van der Waals surface area contributed by atoms with Gasteiger partial charge in [0, 0.05) is 12.6 Å². The third kappa shape index (κ3) is 7.95. The second-order valence-electron chi connectivity index (χ2n) is 10.1. The van der Waals surface area contributed by atoms with Crippen LogP contribution in [0.5, 0.6) is 0 Å². The highest BCUT2D eigenvalue weighted by atomic mass is 19.4. The Kier molecular flexibility index (Phi) is 10.3. The normalized spacial score (nSPS) is 13.4. The van der Waals surface area contributed by atoms with Gasteiger partial charge >= 0.3 is 24.0 Å². The SMILES string of the molecule is C=CCOC(=O)c1ccc2c(c1C)CC[C@@H]2NC(=O)c1cc(C(=O)O)nc2ncnn12.N#Cc1cccc(CNC(=O)C(F)(F)F)c1. The number of benzene rings is 2. The van der Waals surface area contributed by atoms with Crippen molar-refractivity contribution in [3.63, 3.8) is 0 Å². The predicted octanol–water partition coefficient (Wildman–Crippen LogP) is 3.63. The molecule has 5 rings (SSSR count). The number of hydrogen-bond donors (Lipinski definition) is 3. The number of aromatic nitrogens is 4. The van der Waals surface area contributed by atoms with Gasteiger partial charge in [0.15, 0.2) is 5.69 Å². The van der Waals surface area contributed by atoms with E-state index < -0.39 is 29.9 Å². The smallest absolute Gasteiger partial charge is 0.471 e. The summed E-state index contributed by atoms with van der Waals surface area (Å²) in [7, 11) is 0. The number of rotatable bonds is 8. The number of aromatic carboxylic acids is 1. The minimum absolute atomic E-state index is 0.0229. The maximum Gasteiger partial charge on any atom is 0.471 e. The first-order chi connectivity index (χ1) is 22.3. The molecule has 1 aliphatic rings. The van der Waals surface area contributed by atoms with Crippen molar-refractivity contribution >= 4 is 29.5 Å². The van der Waals surface area contributed by atoms with Crippen LogP contribution < -0.4 is 10.6 Å². The average Bonchev–Trinajstić information content (AvgIpc) is 3.69.